The molecule has 0 aliphatic heterocycles. The van der Waals surface area contributed by atoms with E-state index in [4.69, 9.17) is 14.4 Å². The maximum atomic E-state index is 12.9. The van der Waals surface area contributed by atoms with Gasteiger partial charge < -0.3 is 9.47 Å². The second-order valence-electron chi connectivity index (χ2n) is 6.52. The Balaban J connectivity index is 2.19. The van der Waals surface area contributed by atoms with Gasteiger partial charge in [0.05, 0.1) is 19.8 Å². The molecule has 5 heteroatoms. The Morgan fingerprint density at radius 3 is 2.36 bits per heavy atom. The van der Waals surface area contributed by atoms with Gasteiger partial charge in [-0.05, 0) is 37.3 Å². The van der Waals surface area contributed by atoms with Gasteiger partial charge in [-0.1, -0.05) is 24.3 Å². The number of benzene rings is 2. The van der Waals surface area contributed by atoms with Gasteiger partial charge in [0.2, 0.25) is 0 Å². The first-order valence-corrected chi connectivity index (χ1v) is 8.43. The molecule has 2 aromatic rings. The smallest absolute Gasteiger partial charge is 0.190 e. The maximum absolute atomic E-state index is 12.9. The van der Waals surface area contributed by atoms with Crippen molar-refractivity contribution in [3.05, 3.63) is 47.0 Å². The summed E-state index contributed by atoms with van der Waals surface area (Å²) in [7, 11) is 3.12. The number of methoxy groups -OCH3 is 2. The molecular formula is C20H20O5. The van der Waals surface area contributed by atoms with Gasteiger partial charge in [-0.3, -0.25) is 10.1 Å². The SMILES string of the molecule is COc1c2c(c(OC)c3ccccc13)[C@]1(OO)CCCCC1=CC2=O. The number of hydrogen-bond acceptors (Lipinski definition) is 5. The third-order valence-electron chi connectivity index (χ3n) is 5.38. The number of ketones is 1. The van der Waals surface area contributed by atoms with E-state index in [-0.39, 0.29) is 5.78 Å². The van der Waals surface area contributed by atoms with Crippen LogP contribution in [0.2, 0.25) is 0 Å². The number of hydrogen-bond donors (Lipinski definition) is 1. The topological polar surface area (TPSA) is 65.0 Å². The standard InChI is InChI=1S/C20H20O5/c1-23-18-13-8-3-4-9-14(13)19(24-2)17-16(18)15(21)11-12-7-5-6-10-20(12,17)25-22/h3-4,8-9,11,22H,5-7,10H2,1-2H3/t20-/m0/s1. The zero-order valence-electron chi connectivity index (χ0n) is 14.3. The predicted molar refractivity (Wildman–Crippen MR) is 93.3 cm³/mol. The third-order valence-corrected chi connectivity index (χ3v) is 5.38. The first kappa shape index (κ1) is 16.1. The minimum atomic E-state index is -1.05. The molecule has 0 unspecified atom stereocenters. The Labute approximate surface area is 145 Å². The Kier molecular flexibility index (Phi) is 3.78. The Hall–Kier alpha value is -2.37. The van der Waals surface area contributed by atoms with E-state index in [1.165, 1.54) is 0 Å². The van der Waals surface area contributed by atoms with Gasteiger partial charge in [-0.15, -0.1) is 0 Å². The average Bonchev–Trinajstić information content (AvgIpc) is 2.66. The summed E-state index contributed by atoms with van der Waals surface area (Å²) in [6, 6.07) is 7.62. The fourth-order valence-electron chi connectivity index (χ4n) is 4.33. The summed E-state index contributed by atoms with van der Waals surface area (Å²) < 4.78 is 11.3. The monoisotopic (exact) mass is 340 g/mol. The molecule has 25 heavy (non-hydrogen) atoms. The van der Waals surface area contributed by atoms with Crippen molar-refractivity contribution in [2.45, 2.75) is 31.3 Å². The van der Waals surface area contributed by atoms with Crippen LogP contribution < -0.4 is 9.47 Å². The first-order valence-electron chi connectivity index (χ1n) is 8.43. The minimum Gasteiger partial charge on any atom is -0.496 e. The summed E-state index contributed by atoms with van der Waals surface area (Å²) in [6.45, 7) is 0. The van der Waals surface area contributed by atoms with Crippen LogP contribution in [0.4, 0.5) is 0 Å². The molecule has 2 aliphatic rings. The fourth-order valence-corrected chi connectivity index (χ4v) is 4.33. The van der Waals surface area contributed by atoms with E-state index in [0.29, 0.717) is 35.5 Å². The molecular weight excluding hydrogens is 320 g/mol. The molecule has 0 aromatic heterocycles. The maximum Gasteiger partial charge on any atom is 0.190 e. The first-order chi connectivity index (χ1) is 12.2. The zero-order valence-corrected chi connectivity index (χ0v) is 14.3. The van der Waals surface area contributed by atoms with Gasteiger partial charge in [0.25, 0.3) is 0 Å². The summed E-state index contributed by atoms with van der Waals surface area (Å²) in [5.74, 6) is 0.912. The van der Waals surface area contributed by atoms with Gasteiger partial charge in [-0.25, -0.2) is 4.89 Å². The fraction of sp³-hybridized carbons (Fsp3) is 0.350. The molecule has 2 aliphatic carbocycles. The number of ether oxygens (including phenoxy) is 2. The highest BCUT2D eigenvalue weighted by Crippen LogP contribution is 2.55. The molecule has 1 saturated carbocycles. The molecule has 4 rings (SSSR count). The molecule has 0 saturated heterocycles. The minimum absolute atomic E-state index is 0.138. The lowest BCUT2D eigenvalue weighted by Gasteiger charge is -2.41. The van der Waals surface area contributed by atoms with E-state index >= 15 is 0 Å². The van der Waals surface area contributed by atoms with E-state index in [2.05, 4.69) is 0 Å². The van der Waals surface area contributed by atoms with Crippen molar-refractivity contribution in [3.8, 4) is 11.5 Å². The number of fused-ring (bicyclic) bond motifs is 4. The largest absolute Gasteiger partial charge is 0.496 e. The summed E-state index contributed by atoms with van der Waals surface area (Å²) in [5, 5.41) is 11.5. The molecule has 0 bridgehead atoms. The van der Waals surface area contributed by atoms with Crippen molar-refractivity contribution in [3.63, 3.8) is 0 Å². The summed E-state index contributed by atoms with van der Waals surface area (Å²) >= 11 is 0. The van der Waals surface area contributed by atoms with Gasteiger partial charge in [0, 0.05) is 16.3 Å². The number of carbonyl (C=O) groups is 1. The van der Waals surface area contributed by atoms with Crippen LogP contribution in [0.1, 0.15) is 41.6 Å². The molecule has 2 aromatic carbocycles. The lowest BCUT2D eigenvalue weighted by atomic mass is 9.69. The van der Waals surface area contributed by atoms with Crippen LogP contribution in [0.5, 0.6) is 11.5 Å². The quantitative estimate of drug-likeness (QED) is 0.669. The number of carbonyl (C=O) groups excluding carboxylic acids is 1. The molecule has 0 radical (unpaired) electrons. The highest BCUT2D eigenvalue weighted by atomic mass is 17.1. The summed E-state index contributed by atoms with van der Waals surface area (Å²) in [6.07, 6.45) is 4.75. The predicted octanol–water partition coefficient (Wildman–Crippen LogP) is 4.24. The van der Waals surface area contributed by atoms with E-state index in [9.17, 15) is 10.1 Å². The van der Waals surface area contributed by atoms with Gasteiger partial charge in [0.15, 0.2) is 11.4 Å². The van der Waals surface area contributed by atoms with Crippen molar-refractivity contribution in [1.82, 2.24) is 0 Å². The van der Waals surface area contributed by atoms with Crippen LogP contribution >= 0.6 is 0 Å². The molecule has 0 spiro atoms. The van der Waals surface area contributed by atoms with Crippen LogP contribution in [-0.4, -0.2) is 25.3 Å². The van der Waals surface area contributed by atoms with Gasteiger partial charge >= 0.3 is 0 Å². The van der Waals surface area contributed by atoms with Crippen LogP contribution in [0.15, 0.2) is 35.9 Å². The second kappa shape index (κ2) is 5.86. The average molecular weight is 340 g/mol. The Morgan fingerprint density at radius 1 is 1.04 bits per heavy atom. The van der Waals surface area contributed by atoms with Crippen molar-refractivity contribution < 1.29 is 24.4 Å². The zero-order chi connectivity index (χ0) is 17.6. The highest BCUT2D eigenvalue weighted by molar-refractivity contribution is 6.15. The second-order valence-corrected chi connectivity index (χ2v) is 6.52. The molecule has 1 N–H and O–H groups in total. The van der Waals surface area contributed by atoms with Crippen LogP contribution in [0.3, 0.4) is 0 Å². The lowest BCUT2D eigenvalue weighted by Crippen LogP contribution is -2.39. The Bertz CT molecular complexity index is 899. The lowest BCUT2D eigenvalue weighted by molar-refractivity contribution is -0.322. The van der Waals surface area contributed by atoms with Gasteiger partial charge in [0.1, 0.15) is 11.5 Å². The molecule has 1 atom stereocenters. The van der Waals surface area contributed by atoms with Crippen LogP contribution in [0.25, 0.3) is 10.8 Å². The molecule has 0 amide bonds. The molecule has 1 fully saturated rings. The van der Waals surface area contributed by atoms with Crippen molar-refractivity contribution in [2.24, 2.45) is 0 Å². The van der Waals surface area contributed by atoms with Gasteiger partial charge in [-0.2, -0.15) is 0 Å². The number of allylic oxidation sites excluding steroid dienone is 1. The molecule has 5 nitrogen and oxygen atoms in total. The van der Waals surface area contributed by atoms with Crippen molar-refractivity contribution in [1.29, 1.82) is 0 Å². The summed E-state index contributed by atoms with van der Waals surface area (Å²) in [4.78, 5) is 18.0. The molecule has 0 heterocycles. The number of rotatable bonds is 3. The normalized spacial score (nSPS) is 22.2. The third kappa shape index (κ3) is 2.06. The molecule has 130 valence electrons. The van der Waals surface area contributed by atoms with E-state index in [1.807, 2.05) is 24.3 Å². The van der Waals surface area contributed by atoms with E-state index < -0.39 is 5.60 Å². The van der Waals surface area contributed by atoms with E-state index in [1.54, 1.807) is 20.3 Å². The Morgan fingerprint density at radius 2 is 1.72 bits per heavy atom. The van der Waals surface area contributed by atoms with Crippen molar-refractivity contribution in [2.75, 3.05) is 14.2 Å². The van der Waals surface area contributed by atoms with Crippen LogP contribution in [0, 0.1) is 0 Å². The summed E-state index contributed by atoms with van der Waals surface area (Å²) in [5.41, 5.74) is 0.742. The van der Waals surface area contributed by atoms with Crippen molar-refractivity contribution >= 4 is 16.6 Å². The van der Waals surface area contributed by atoms with Crippen LogP contribution in [-0.2, 0) is 10.5 Å². The highest BCUT2D eigenvalue weighted by Gasteiger charge is 2.49. The van der Waals surface area contributed by atoms with E-state index in [0.717, 1.165) is 29.2 Å².